The quantitative estimate of drug-likeness (QED) is 0.741. The number of aryl methyl sites for hydroxylation is 2. The summed E-state index contributed by atoms with van der Waals surface area (Å²) in [5.74, 6) is 0. The van der Waals surface area contributed by atoms with E-state index in [0.29, 0.717) is 0 Å². The molecule has 0 saturated heterocycles. The molecule has 0 aliphatic carbocycles. The highest BCUT2D eigenvalue weighted by Crippen LogP contribution is 2.28. The first kappa shape index (κ1) is 13.2. The Hall–Kier alpha value is -0.820. The molecule has 1 heteroatoms. The number of rotatable bonds is 5. The molecule has 1 atom stereocenters. The van der Waals surface area contributed by atoms with Gasteiger partial charge in [0.2, 0.25) is 0 Å². The van der Waals surface area contributed by atoms with Gasteiger partial charge in [0.15, 0.2) is 0 Å². The van der Waals surface area contributed by atoms with Gasteiger partial charge in [-0.2, -0.15) is 0 Å². The van der Waals surface area contributed by atoms with Crippen molar-refractivity contribution in [2.75, 3.05) is 0 Å². The van der Waals surface area contributed by atoms with E-state index in [1.807, 2.05) is 13.0 Å². The van der Waals surface area contributed by atoms with Gasteiger partial charge < -0.3 is 5.11 Å². The summed E-state index contributed by atoms with van der Waals surface area (Å²) in [6.07, 6.45) is 4.34. The Kier molecular flexibility index (Phi) is 4.55. The lowest BCUT2D eigenvalue weighted by Crippen LogP contribution is -2.21. The molecule has 0 bridgehead atoms. The van der Waals surface area contributed by atoms with E-state index in [9.17, 15) is 5.11 Å². The summed E-state index contributed by atoms with van der Waals surface area (Å²) in [6.45, 7) is 8.31. The van der Waals surface area contributed by atoms with E-state index in [4.69, 9.17) is 0 Å². The molecule has 0 aliphatic rings. The SMILES string of the molecule is CCCCCC(C)(O)c1ccc(C)c(C)c1. The van der Waals surface area contributed by atoms with Crippen molar-refractivity contribution in [1.82, 2.24) is 0 Å². The fraction of sp³-hybridized carbons (Fsp3) is 0.600. The van der Waals surface area contributed by atoms with E-state index in [-0.39, 0.29) is 0 Å². The fourth-order valence-electron chi connectivity index (χ4n) is 1.94. The summed E-state index contributed by atoms with van der Waals surface area (Å²) in [5, 5.41) is 10.4. The molecule has 0 aromatic heterocycles. The first-order chi connectivity index (χ1) is 7.47. The summed E-state index contributed by atoms with van der Waals surface area (Å²) in [7, 11) is 0. The molecule has 0 spiro atoms. The van der Waals surface area contributed by atoms with Crippen molar-refractivity contribution < 1.29 is 5.11 Å². The lowest BCUT2D eigenvalue weighted by atomic mass is 9.88. The van der Waals surface area contributed by atoms with Crippen molar-refractivity contribution in [2.45, 2.75) is 59.0 Å². The van der Waals surface area contributed by atoms with Crippen LogP contribution in [-0.2, 0) is 5.60 Å². The summed E-state index contributed by atoms with van der Waals surface area (Å²) >= 11 is 0. The van der Waals surface area contributed by atoms with Crippen molar-refractivity contribution in [2.24, 2.45) is 0 Å². The Morgan fingerprint density at radius 2 is 1.81 bits per heavy atom. The first-order valence-electron chi connectivity index (χ1n) is 6.27. The number of unbranched alkanes of at least 4 members (excludes halogenated alkanes) is 2. The monoisotopic (exact) mass is 220 g/mol. The zero-order valence-electron chi connectivity index (χ0n) is 11.0. The Bertz CT molecular complexity index is 339. The Morgan fingerprint density at radius 3 is 2.38 bits per heavy atom. The fourth-order valence-corrected chi connectivity index (χ4v) is 1.94. The molecule has 1 aromatic rings. The standard InChI is InChI=1S/C15H24O/c1-5-6-7-10-15(4,16)14-9-8-12(2)13(3)11-14/h8-9,11,16H,5-7,10H2,1-4H3. The molecule has 1 aromatic carbocycles. The van der Waals surface area contributed by atoms with E-state index >= 15 is 0 Å². The minimum Gasteiger partial charge on any atom is -0.385 e. The molecule has 1 N–H and O–H groups in total. The molecular formula is C15H24O. The van der Waals surface area contributed by atoms with Crippen molar-refractivity contribution >= 4 is 0 Å². The van der Waals surface area contributed by atoms with Crippen LogP contribution in [0, 0.1) is 13.8 Å². The van der Waals surface area contributed by atoms with Gasteiger partial charge in [0.25, 0.3) is 0 Å². The van der Waals surface area contributed by atoms with Crippen molar-refractivity contribution in [3.8, 4) is 0 Å². The number of aliphatic hydroxyl groups is 1. The van der Waals surface area contributed by atoms with Crippen LogP contribution in [0.2, 0.25) is 0 Å². The van der Waals surface area contributed by atoms with Crippen molar-refractivity contribution in [1.29, 1.82) is 0 Å². The third-order valence-electron chi connectivity index (χ3n) is 3.40. The topological polar surface area (TPSA) is 20.2 Å². The maximum atomic E-state index is 10.4. The second-order valence-electron chi connectivity index (χ2n) is 5.03. The molecule has 16 heavy (non-hydrogen) atoms. The van der Waals surface area contributed by atoms with Crippen LogP contribution in [0.25, 0.3) is 0 Å². The molecule has 0 fully saturated rings. The van der Waals surface area contributed by atoms with Gasteiger partial charge in [0.05, 0.1) is 5.60 Å². The van der Waals surface area contributed by atoms with E-state index in [0.717, 1.165) is 18.4 Å². The maximum absolute atomic E-state index is 10.4. The largest absolute Gasteiger partial charge is 0.385 e. The number of hydrogen-bond acceptors (Lipinski definition) is 1. The van der Waals surface area contributed by atoms with Crippen LogP contribution in [0.1, 0.15) is 56.2 Å². The lowest BCUT2D eigenvalue weighted by molar-refractivity contribution is 0.0449. The molecule has 1 unspecified atom stereocenters. The van der Waals surface area contributed by atoms with E-state index in [1.165, 1.54) is 24.0 Å². The second kappa shape index (κ2) is 5.49. The molecule has 0 radical (unpaired) electrons. The first-order valence-corrected chi connectivity index (χ1v) is 6.27. The molecule has 1 nitrogen and oxygen atoms in total. The third-order valence-corrected chi connectivity index (χ3v) is 3.40. The minimum atomic E-state index is -0.673. The van der Waals surface area contributed by atoms with Gasteiger partial charge in [-0.25, -0.2) is 0 Å². The zero-order valence-corrected chi connectivity index (χ0v) is 11.0. The molecule has 90 valence electrons. The molecular weight excluding hydrogens is 196 g/mol. The van der Waals surface area contributed by atoms with Crippen LogP contribution in [0.4, 0.5) is 0 Å². The van der Waals surface area contributed by atoms with Crippen LogP contribution >= 0.6 is 0 Å². The second-order valence-corrected chi connectivity index (χ2v) is 5.03. The summed E-state index contributed by atoms with van der Waals surface area (Å²) < 4.78 is 0. The van der Waals surface area contributed by atoms with Gasteiger partial charge >= 0.3 is 0 Å². The van der Waals surface area contributed by atoms with E-state index in [1.54, 1.807) is 0 Å². The normalized spacial score (nSPS) is 14.8. The van der Waals surface area contributed by atoms with Crippen LogP contribution in [-0.4, -0.2) is 5.11 Å². The van der Waals surface area contributed by atoms with Crippen molar-refractivity contribution in [3.05, 3.63) is 34.9 Å². The number of benzene rings is 1. The summed E-state index contributed by atoms with van der Waals surface area (Å²) in [5.41, 5.74) is 2.92. The van der Waals surface area contributed by atoms with Gasteiger partial charge in [-0.1, -0.05) is 44.4 Å². The lowest BCUT2D eigenvalue weighted by Gasteiger charge is -2.24. The van der Waals surface area contributed by atoms with Crippen LogP contribution < -0.4 is 0 Å². The third kappa shape index (κ3) is 3.34. The van der Waals surface area contributed by atoms with Gasteiger partial charge in [-0.15, -0.1) is 0 Å². The smallest absolute Gasteiger partial charge is 0.0868 e. The Morgan fingerprint density at radius 1 is 1.12 bits per heavy atom. The molecule has 1 rings (SSSR count). The number of hydrogen-bond donors (Lipinski definition) is 1. The van der Waals surface area contributed by atoms with Gasteiger partial charge in [-0.3, -0.25) is 0 Å². The Labute approximate surface area is 99.5 Å². The highest BCUT2D eigenvalue weighted by molar-refractivity contribution is 5.32. The zero-order chi connectivity index (χ0) is 12.2. The van der Waals surface area contributed by atoms with Gasteiger partial charge in [-0.05, 0) is 43.9 Å². The highest BCUT2D eigenvalue weighted by atomic mass is 16.3. The van der Waals surface area contributed by atoms with Gasteiger partial charge in [0, 0.05) is 0 Å². The van der Waals surface area contributed by atoms with Crippen molar-refractivity contribution in [3.63, 3.8) is 0 Å². The van der Waals surface area contributed by atoms with Crippen LogP contribution in [0.15, 0.2) is 18.2 Å². The summed E-state index contributed by atoms with van der Waals surface area (Å²) in [6, 6.07) is 6.26. The molecule has 0 amide bonds. The van der Waals surface area contributed by atoms with Crippen LogP contribution in [0.3, 0.4) is 0 Å². The maximum Gasteiger partial charge on any atom is 0.0868 e. The molecule has 0 heterocycles. The van der Waals surface area contributed by atoms with Crippen LogP contribution in [0.5, 0.6) is 0 Å². The minimum absolute atomic E-state index is 0.673. The van der Waals surface area contributed by atoms with E-state index in [2.05, 4.69) is 32.9 Å². The molecule has 0 saturated carbocycles. The average Bonchev–Trinajstić information content (AvgIpc) is 2.22. The summed E-state index contributed by atoms with van der Waals surface area (Å²) in [4.78, 5) is 0. The predicted molar refractivity (Wildman–Crippen MR) is 69.6 cm³/mol. The average molecular weight is 220 g/mol. The molecule has 0 aliphatic heterocycles. The Balaban J connectivity index is 2.76. The highest BCUT2D eigenvalue weighted by Gasteiger charge is 2.22. The predicted octanol–water partition coefficient (Wildman–Crippen LogP) is 4.09. The van der Waals surface area contributed by atoms with Gasteiger partial charge in [0.1, 0.15) is 0 Å². The van der Waals surface area contributed by atoms with E-state index < -0.39 is 5.60 Å².